The molecule has 0 fully saturated rings. The van der Waals surface area contributed by atoms with Gasteiger partial charge in [-0.05, 0) is 18.2 Å². The predicted molar refractivity (Wildman–Crippen MR) is 91.8 cm³/mol. The average molecular weight is 348 g/mol. The number of hydrogen-bond donors (Lipinski definition) is 1. The highest BCUT2D eigenvalue weighted by atomic mass is 16.4. The molecule has 2 aromatic heterocycles. The van der Waals surface area contributed by atoms with Crippen molar-refractivity contribution in [1.29, 1.82) is 0 Å². The van der Waals surface area contributed by atoms with Crippen molar-refractivity contribution in [1.82, 2.24) is 20.0 Å². The van der Waals surface area contributed by atoms with Crippen molar-refractivity contribution in [3.05, 3.63) is 76.5 Å². The topological polar surface area (TPSA) is 111 Å². The molecule has 8 heteroatoms. The summed E-state index contributed by atoms with van der Waals surface area (Å²) in [6.45, 7) is -0.121. The number of carbonyl (C=O) groups is 1. The maximum atomic E-state index is 12.6. The number of aromatic carboxylic acids is 1. The minimum atomic E-state index is -1.22. The summed E-state index contributed by atoms with van der Waals surface area (Å²) in [5.74, 6) is -0.747. The van der Waals surface area contributed by atoms with Crippen molar-refractivity contribution in [3.8, 4) is 11.5 Å². The summed E-state index contributed by atoms with van der Waals surface area (Å²) in [5, 5.41) is 21.8. The molecule has 26 heavy (non-hydrogen) atoms. The Balaban J connectivity index is 1.76. The Bertz CT molecular complexity index is 1160. The van der Waals surface area contributed by atoms with E-state index in [1.165, 1.54) is 0 Å². The van der Waals surface area contributed by atoms with Gasteiger partial charge in [-0.3, -0.25) is 4.79 Å². The minimum absolute atomic E-state index is 0.121. The molecule has 0 aliphatic heterocycles. The molecule has 0 atom stereocenters. The van der Waals surface area contributed by atoms with Crippen LogP contribution in [0.3, 0.4) is 0 Å². The van der Waals surface area contributed by atoms with Gasteiger partial charge in [0, 0.05) is 10.9 Å². The molecule has 0 aliphatic carbocycles. The van der Waals surface area contributed by atoms with Crippen LogP contribution in [0.5, 0.6) is 0 Å². The maximum absolute atomic E-state index is 12.6. The second kappa shape index (κ2) is 6.25. The fourth-order valence-electron chi connectivity index (χ4n) is 2.64. The molecule has 4 rings (SSSR count). The van der Waals surface area contributed by atoms with Gasteiger partial charge < -0.3 is 9.52 Å². The van der Waals surface area contributed by atoms with Gasteiger partial charge in [0.25, 0.3) is 5.56 Å². The summed E-state index contributed by atoms with van der Waals surface area (Å²) in [4.78, 5) is 24.1. The van der Waals surface area contributed by atoms with E-state index in [1.54, 1.807) is 24.3 Å². The van der Waals surface area contributed by atoms with Gasteiger partial charge in [0.1, 0.15) is 6.54 Å². The first-order valence-electron chi connectivity index (χ1n) is 7.74. The van der Waals surface area contributed by atoms with Gasteiger partial charge in [-0.1, -0.05) is 36.4 Å². The molecular formula is C18H12N4O4. The fraction of sp³-hybridized carbons (Fsp3) is 0.0556. The molecule has 0 saturated heterocycles. The summed E-state index contributed by atoms with van der Waals surface area (Å²) in [6, 6.07) is 15.6. The van der Waals surface area contributed by atoms with Gasteiger partial charge in [-0.25, -0.2) is 9.48 Å². The Morgan fingerprint density at radius 1 is 1.00 bits per heavy atom. The van der Waals surface area contributed by atoms with Gasteiger partial charge in [0.2, 0.25) is 11.8 Å². The van der Waals surface area contributed by atoms with Crippen LogP contribution in [0.4, 0.5) is 0 Å². The number of benzene rings is 2. The quantitative estimate of drug-likeness (QED) is 0.602. The third-order valence-corrected chi connectivity index (χ3v) is 3.84. The first kappa shape index (κ1) is 15.7. The zero-order valence-electron chi connectivity index (χ0n) is 13.4. The maximum Gasteiger partial charge on any atom is 0.357 e. The normalized spacial score (nSPS) is 10.9. The van der Waals surface area contributed by atoms with Crippen LogP contribution in [-0.2, 0) is 6.54 Å². The van der Waals surface area contributed by atoms with E-state index in [2.05, 4.69) is 15.3 Å². The Morgan fingerprint density at radius 2 is 1.69 bits per heavy atom. The smallest absolute Gasteiger partial charge is 0.357 e. The van der Waals surface area contributed by atoms with Crippen molar-refractivity contribution in [3.63, 3.8) is 0 Å². The zero-order chi connectivity index (χ0) is 18.1. The lowest BCUT2D eigenvalue weighted by atomic mass is 10.1. The first-order chi connectivity index (χ1) is 12.6. The summed E-state index contributed by atoms with van der Waals surface area (Å²) >= 11 is 0. The van der Waals surface area contributed by atoms with Crippen LogP contribution < -0.4 is 5.56 Å². The molecule has 0 spiro atoms. The standard InChI is InChI=1S/C18H12N4O4/c23-17-13-9-5-4-8-12(13)15(18(24)25)21-22(17)10-14-19-20-16(26-14)11-6-2-1-3-7-11/h1-9H,10H2,(H,24,25). The third kappa shape index (κ3) is 2.73. The molecule has 2 heterocycles. The molecular weight excluding hydrogens is 336 g/mol. The molecule has 0 radical (unpaired) electrons. The lowest BCUT2D eigenvalue weighted by molar-refractivity contribution is 0.0690. The number of carboxylic acid groups (broad SMARTS) is 1. The van der Waals surface area contributed by atoms with E-state index < -0.39 is 11.5 Å². The van der Waals surface area contributed by atoms with E-state index in [1.807, 2.05) is 30.3 Å². The van der Waals surface area contributed by atoms with Crippen molar-refractivity contribution < 1.29 is 14.3 Å². The van der Waals surface area contributed by atoms with Gasteiger partial charge in [-0.15, -0.1) is 10.2 Å². The third-order valence-electron chi connectivity index (χ3n) is 3.84. The minimum Gasteiger partial charge on any atom is -0.476 e. The van der Waals surface area contributed by atoms with Gasteiger partial charge in [-0.2, -0.15) is 5.10 Å². The van der Waals surface area contributed by atoms with E-state index >= 15 is 0 Å². The molecule has 1 N–H and O–H groups in total. The van der Waals surface area contributed by atoms with E-state index in [4.69, 9.17) is 4.42 Å². The van der Waals surface area contributed by atoms with Crippen LogP contribution in [0.15, 0.2) is 63.8 Å². The fourth-order valence-corrected chi connectivity index (χ4v) is 2.64. The summed E-state index contributed by atoms with van der Waals surface area (Å²) in [5.41, 5.74) is 0.115. The second-order valence-corrected chi connectivity index (χ2v) is 5.53. The monoisotopic (exact) mass is 348 g/mol. The largest absolute Gasteiger partial charge is 0.476 e. The molecule has 0 amide bonds. The van der Waals surface area contributed by atoms with Gasteiger partial charge in [0.05, 0.1) is 5.39 Å². The highest BCUT2D eigenvalue weighted by Gasteiger charge is 2.17. The van der Waals surface area contributed by atoms with E-state index in [-0.39, 0.29) is 28.9 Å². The first-order valence-corrected chi connectivity index (χ1v) is 7.74. The number of rotatable bonds is 4. The molecule has 2 aromatic carbocycles. The molecule has 4 aromatic rings. The number of fused-ring (bicyclic) bond motifs is 1. The summed E-state index contributed by atoms with van der Waals surface area (Å²) in [6.07, 6.45) is 0. The van der Waals surface area contributed by atoms with Crippen LogP contribution in [0.1, 0.15) is 16.4 Å². The second-order valence-electron chi connectivity index (χ2n) is 5.53. The molecule has 0 saturated carbocycles. The zero-order valence-corrected chi connectivity index (χ0v) is 13.4. The molecule has 0 unspecified atom stereocenters. The van der Waals surface area contributed by atoms with Crippen LogP contribution in [-0.4, -0.2) is 31.1 Å². The number of nitrogens with zero attached hydrogens (tertiary/aromatic N) is 4. The van der Waals surface area contributed by atoms with Crippen molar-refractivity contribution in [2.45, 2.75) is 6.54 Å². The van der Waals surface area contributed by atoms with Crippen molar-refractivity contribution in [2.75, 3.05) is 0 Å². The highest BCUT2D eigenvalue weighted by Crippen LogP contribution is 2.18. The number of hydrogen-bond acceptors (Lipinski definition) is 6. The Morgan fingerprint density at radius 3 is 2.42 bits per heavy atom. The predicted octanol–water partition coefficient (Wildman–Crippen LogP) is 2.19. The number of aromatic nitrogens is 4. The van der Waals surface area contributed by atoms with Crippen LogP contribution in [0.2, 0.25) is 0 Å². The lowest BCUT2D eigenvalue weighted by Gasteiger charge is -2.06. The van der Waals surface area contributed by atoms with E-state index in [0.29, 0.717) is 5.89 Å². The molecule has 128 valence electrons. The molecule has 0 aliphatic rings. The average Bonchev–Trinajstić information content (AvgIpc) is 3.13. The SMILES string of the molecule is O=C(O)c1nn(Cc2nnc(-c3ccccc3)o2)c(=O)c2ccccc12. The highest BCUT2D eigenvalue weighted by molar-refractivity contribution is 6.01. The number of carboxylic acids is 1. The Kier molecular flexibility index (Phi) is 3.77. The van der Waals surface area contributed by atoms with Gasteiger partial charge >= 0.3 is 5.97 Å². The Hall–Kier alpha value is -3.81. The molecule has 8 nitrogen and oxygen atoms in total. The van der Waals surface area contributed by atoms with Crippen LogP contribution in [0.25, 0.3) is 22.2 Å². The Labute approximate surface area is 146 Å². The summed E-state index contributed by atoms with van der Waals surface area (Å²) < 4.78 is 6.59. The van der Waals surface area contributed by atoms with Crippen molar-refractivity contribution in [2.24, 2.45) is 0 Å². The van der Waals surface area contributed by atoms with Crippen LogP contribution in [0, 0.1) is 0 Å². The van der Waals surface area contributed by atoms with Crippen LogP contribution >= 0.6 is 0 Å². The van der Waals surface area contributed by atoms with Crippen molar-refractivity contribution >= 4 is 16.7 Å². The molecule has 0 bridgehead atoms. The van der Waals surface area contributed by atoms with E-state index in [9.17, 15) is 14.7 Å². The van der Waals surface area contributed by atoms with Gasteiger partial charge in [0.15, 0.2) is 5.69 Å². The van der Waals surface area contributed by atoms with E-state index in [0.717, 1.165) is 10.2 Å². The summed E-state index contributed by atoms with van der Waals surface area (Å²) in [7, 11) is 0. The lowest BCUT2D eigenvalue weighted by Crippen LogP contribution is -2.26.